The van der Waals surface area contributed by atoms with E-state index < -0.39 is 0 Å². The van der Waals surface area contributed by atoms with Crippen LogP contribution in [-0.2, 0) is 4.74 Å². The zero-order valence-electron chi connectivity index (χ0n) is 26.4. The zero-order chi connectivity index (χ0) is 31.6. The largest absolute Gasteiger partial charge is 0.493 e. The average molecular weight is 665 g/mol. The second-order valence-corrected chi connectivity index (χ2v) is 12.5. The van der Waals surface area contributed by atoms with Gasteiger partial charge in [-0.05, 0) is 79.3 Å². The fourth-order valence-corrected chi connectivity index (χ4v) is 6.63. The second-order valence-electron chi connectivity index (χ2n) is 10.5. The van der Waals surface area contributed by atoms with E-state index in [-0.39, 0.29) is 12.2 Å². The number of nitrogens with zero attached hydrogens (tertiary/aromatic N) is 1. The monoisotopic (exact) mass is 663 g/mol. The van der Waals surface area contributed by atoms with Crippen LogP contribution in [0.4, 0.5) is 5.69 Å². The molecule has 3 aromatic rings. The number of rotatable bonds is 16. The maximum Gasteiger partial charge on any atom is 0.203 e. The molecule has 7 nitrogen and oxygen atoms in total. The quantitative estimate of drug-likeness (QED) is 0.111. The van der Waals surface area contributed by atoms with Gasteiger partial charge in [-0.1, -0.05) is 37.0 Å². The molecular formula is C34H43Cl2NO6S. The van der Waals surface area contributed by atoms with Crippen molar-refractivity contribution >= 4 is 40.7 Å². The van der Waals surface area contributed by atoms with Gasteiger partial charge >= 0.3 is 0 Å². The Morgan fingerprint density at radius 2 is 1.32 bits per heavy atom. The predicted octanol–water partition coefficient (Wildman–Crippen LogP) is 9.42. The summed E-state index contributed by atoms with van der Waals surface area (Å²) in [6.07, 6.45) is 3.55. The van der Waals surface area contributed by atoms with Crippen molar-refractivity contribution in [3.05, 3.63) is 63.6 Å². The van der Waals surface area contributed by atoms with Gasteiger partial charge in [-0.2, -0.15) is 0 Å². The third-order valence-corrected chi connectivity index (χ3v) is 9.24. The van der Waals surface area contributed by atoms with Crippen LogP contribution in [0, 0.1) is 0 Å². The Balaban J connectivity index is 1.58. The maximum atomic E-state index is 6.68. The molecule has 4 rings (SSSR count). The summed E-state index contributed by atoms with van der Waals surface area (Å²) in [7, 11) is 6.55. The Kier molecular flexibility index (Phi) is 12.9. The Morgan fingerprint density at radius 3 is 1.84 bits per heavy atom. The number of ether oxygens (including phenoxy) is 6. The van der Waals surface area contributed by atoms with Gasteiger partial charge in [0.25, 0.3) is 0 Å². The molecular weight excluding hydrogens is 621 g/mol. The molecule has 0 radical (unpaired) electrons. The number of thioether (sulfide) groups is 1. The molecule has 1 aliphatic rings. The fourth-order valence-electron chi connectivity index (χ4n) is 5.50. The molecule has 10 heteroatoms. The van der Waals surface area contributed by atoms with Crippen LogP contribution in [-0.4, -0.2) is 53.9 Å². The number of halogens is 2. The molecule has 0 saturated carbocycles. The zero-order valence-corrected chi connectivity index (χ0v) is 28.7. The van der Waals surface area contributed by atoms with Crippen LogP contribution in [0.3, 0.4) is 0 Å². The van der Waals surface area contributed by atoms with E-state index in [9.17, 15) is 0 Å². The summed E-state index contributed by atoms with van der Waals surface area (Å²) < 4.78 is 35.8. The van der Waals surface area contributed by atoms with E-state index in [1.807, 2.05) is 30.3 Å². The summed E-state index contributed by atoms with van der Waals surface area (Å²) in [4.78, 5) is 3.43. The highest BCUT2D eigenvalue weighted by molar-refractivity contribution is 7.99. The van der Waals surface area contributed by atoms with Gasteiger partial charge in [0, 0.05) is 23.7 Å². The van der Waals surface area contributed by atoms with Crippen LogP contribution in [0.15, 0.2) is 47.4 Å². The van der Waals surface area contributed by atoms with E-state index in [4.69, 9.17) is 51.6 Å². The minimum Gasteiger partial charge on any atom is -0.493 e. The first kappa shape index (κ1) is 34.2. The summed E-state index contributed by atoms with van der Waals surface area (Å²) in [5.74, 6) is 4.01. The van der Waals surface area contributed by atoms with Crippen LogP contribution in [0.2, 0.25) is 10.0 Å². The lowest BCUT2D eigenvalue weighted by molar-refractivity contribution is 0.0437. The fraction of sp³-hybridized carbons (Fsp3) is 0.471. The van der Waals surface area contributed by atoms with Crippen molar-refractivity contribution in [1.29, 1.82) is 0 Å². The highest BCUT2D eigenvalue weighted by Gasteiger charge is 2.31. The number of hydrogen-bond acceptors (Lipinski definition) is 8. The van der Waals surface area contributed by atoms with Gasteiger partial charge in [0.15, 0.2) is 23.0 Å². The van der Waals surface area contributed by atoms with Crippen molar-refractivity contribution < 1.29 is 28.4 Å². The highest BCUT2D eigenvalue weighted by Crippen LogP contribution is 2.48. The van der Waals surface area contributed by atoms with Gasteiger partial charge in [0.05, 0.1) is 63.0 Å². The van der Waals surface area contributed by atoms with Crippen LogP contribution < -0.4 is 28.6 Å². The maximum absolute atomic E-state index is 6.68. The smallest absolute Gasteiger partial charge is 0.203 e. The van der Waals surface area contributed by atoms with Crippen LogP contribution >= 0.6 is 35.0 Å². The Labute approximate surface area is 276 Å². The van der Waals surface area contributed by atoms with Crippen LogP contribution in [0.1, 0.15) is 62.9 Å². The van der Waals surface area contributed by atoms with Gasteiger partial charge in [-0.15, -0.1) is 11.8 Å². The molecule has 0 amide bonds. The molecule has 3 aromatic carbocycles. The molecule has 0 spiro atoms. The van der Waals surface area contributed by atoms with Crippen molar-refractivity contribution in [1.82, 2.24) is 0 Å². The van der Waals surface area contributed by atoms with E-state index in [1.54, 1.807) is 40.2 Å². The van der Waals surface area contributed by atoms with Gasteiger partial charge in [-0.3, -0.25) is 0 Å². The first-order valence-electron chi connectivity index (χ1n) is 15.0. The lowest BCUT2D eigenvalue weighted by atomic mass is 10.0. The summed E-state index contributed by atoms with van der Waals surface area (Å²) >= 11 is 14.0. The van der Waals surface area contributed by atoms with Crippen LogP contribution in [0.25, 0.3) is 0 Å². The Bertz CT molecular complexity index is 1360. The molecule has 1 fully saturated rings. The van der Waals surface area contributed by atoms with Crippen molar-refractivity contribution in [3.8, 4) is 28.7 Å². The number of anilines is 1. The minimum atomic E-state index is -0.111. The normalized spacial score (nSPS) is 16.1. The van der Waals surface area contributed by atoms with Crippen molar-refractivity contribution in [2.45, 2.75) is 56.6 Å². The molecule has 0 aromatic heterocycles. The van der Waals surface area contributed by atoms with Crippen molar-refractivity contribution in [3.63, 3.8) is 0 Å². The van der Waals surface area contributed by atoms with Crippen LogP contribution in [0.5, 0.6) is 28.7 Å². The lowest BCUT2D eigenvalue weighted by Crippen LogP contribution is -2.26. The molecule has 0 bridgehead atoms. The second kappa shape index (κ2) is 16.6. The summed E-state index contributed by atoms with van der Waals surface area (Å²) in [6, 6.07) is 13.9. The lowest BCUT2D eigenvalue weighted by Gasteiger charge is -2.29. The van der Waals surface area contributed by atoms with Crippen molar-refractivity contribution in [2.24, 2.45) is 0 Å². The third-order valence-electron chi connectivity index (χ3n) is 7.54. The highest BCUT2D eigenvalue weighted by atomic mass is 35.5. The molecule has 44 heavy (non-hydrogen) atoms. The minimum absolute atomic E-state index is 0.101. The summed E-state index contributed by atoms with van der Waals surface area (Å²) in [6.45, 7) is 6.71. The van der Waals surface area contributed by atoms with E-state index in [1.165, 1.54) is 0 Å². The molecule has 240 valence electrons. The number of methoxy groups -OCH3 is 4. The van der Waals surface area contributed by atoms with Gasteiger partial charge in [0.1, 0.15) is 0 Å². The summed E-state index contributed by atoms with van der Waals surface area (Å²) in [5.41, 5.74) is 3.09. The molecule has 2 atom stereocenters. The standard InChI is InChI=1S/C34H43Cl2NO6S/c1-7-13-37(14-8-2)27-17-22(18-30(38-3)33(27)42-15-16-44-24-9-10-25(35)26(36)21-24)28-11-12-29(43-28)23-19-31(39-4)34(41-6)32(20-23)40-5/h9-10,17-21,28-29H,7-8,11-16H2,1-6H3. The number of hydrogen-bond donors (Lipinski definition) is 0. The third kappa shape index (κ3) is 8.13. The van der Waals surface area contributed by atoms with Gasteiger partial charge in [-0.25, -0.2) is 0 Å². The average Bonchev–Trinajstić information content (AvgIpc) is 3.54. The SMILES string of the molecule is CCCN(CCC)c1cc(C2CCC(c3cc(OC)c(OC)c(OC)c3)O2)cc(OC)c1OCCSc1ccc(Cl)c(Cl)c1. The number of benzene rings is 3. The Morgan fingerprint density at radius 1 is 0.750 bits per heavy atom. The van der Waals surface area contributed by atoms with E-state index >= 15 is 0 Å². The molecule has 0 aliphatic carbocycles. The van der Waals surface area contributed by atoms with E-state index in [0.717, 1.165) is 72.0 Å². The van der Waals surface area contributed by atoms with Gasteiger partial charge in [0.2, 0.25) is 5.75 Å². The van der Waals surface area contributed by atoms with E-state index in [2.05, 4.69) is 30.9 Å². The van der Waals surface area contributed by atoms with Gasteiger partial charge < -0.3 is 33.3 Å². The Hall–Kier alpha value is -2.65. The molecule has 1 aliphatic heterocycles. The molecule has 0 N–H and O–H groups in total. The summed E-state index contributed by atoms with van der Waals surface area (Å²) in [5, 5.41) is 1.10. The first-order chi connectivity index (χ1) is 21.4. The van der Waals surface area contributed by atoms with Crippen molar-refractivity contribution in [2.75, 3.05) is 58.8 Å². The van der Waals surface area contributed by atoms with E-state index in [0.29, 0.717) is 39.7 Å². The molecule has 1 saturated heterocycles. The molecule has 2 unspecified atom stereocenters. The topological polar surface area (TPSA) is 58.6 Å². The molecule has 1 heterocycles. The first-order valence-corrected chi connectivity index (χ1v) is 16.7. The predicted molar refractivity (Wildman–Crippen MR) is 180 cm³/mol.